The van der Waals surface area contributed by atoms with Gasteiger partial charge in [0.2, 0.25) is 0 Å². The summed E-state index contributed by atoms with van der Waals surface area (Å²) in [6.07, 6.45) is -1.10. The van der Waals surface area contributed by atoms with Gasteiger partial charge < -0.3 is 9.47 Å². The number of hydrogen-bond acceptors (Lipinski definition) is 6. The fourth-order valence-corrected chi connectivity index (χ4v) is 4.34. The van der Waals surface area contributed by atoms with Crippen LogP contribution in [0.15, 0.2) is 81.1 Å². The molecule has 0 fully saturated rings. The van der Waals surface area contributed by atoms with E-state index in [0.717, 1.165) is 14.3 Å². The van der Waals surface area contributed by atoms with Gasteiger partial charge in [-0.05, 0) is 43.3 Å². The number of thioether (sulfide) groups is 2. The summed E-state index contributed by atoms with van der Waals surface area (Å²) in [5.74, 6) is 0.469. The molecule has 8 heteroatoms. The van der Waals surface area contributed by atoms with Crippen molar-refractivity contribution < 1.29 is 19.1 Å². The third-order valence-electron chi connectivity index (χ3n) is 3.48. The van der Waals surface area contributed by atoms with Crippen LogP contribution in [0.5, 0.6) is 0 Å². The Morgan fingerprint density at radius 2 is 1.62 bits per heavy atom. The number of ether oxygens (including phenoxy) is 2. The fourth-order valence-electron chi connectivity index (χ4n) is 2.12. The second kappa shape index (κ2) is 12.6. The Morgan fingerprint density at radius 1 is 1.03 bits per heavy atom. The van der Waals surface area contributed by atoms with E-state index in [-0.39, 0.29) is 18.4 Å². The largest absolute Gasteiger partial charge is 0.461 e. The third kappa shape index (κ3) is 8.97. The predicted molar refractivity (Wildman–Crippen MR) is 121 cm³/mol. The van der Waals surface area contributed by atoms with Crippen LogP contribution < -0.4 is 5.32 Å². The maximum Gasteiger partial charge on any atom is 0.412 e. The molecule has 0 saturated carbocycles. The number of amides is 1. The molecular weight excluding hydrogens is 474 g/mol. The summed E-state index contributed by atoms with van der Waals surface area (Å²) in [5.41, 5.74) is -0.146. The van der Waals surface area contributed by atoms with Crippen molar-refractivity contribution in [3.63, 3.8) is 0 Å². The molecule has 1 amide bonds. The van der Waals surface area contributed by atoms with Crippen LogP contribution in [0.1, 0.15) is 6.92 Å². The number of nitrogens with one attached hydrogen (secondary N) is 1. The summed E-state index contributed by atoms with van der Waals surface area (Å²) in [7, 11) is 0. The van der Waals surface area contributed by atoms with Crippen LogP contribution in [0.4, 0.5) is 4.79 Å². The van der Waals surface area contributed by atoms with Gasteiger partial charge in [0.05, 0.1) is 6.61 Å². The van der Waals surface area contributed by atoms with E-state index in [1.54, 1.807) is 30.4 Å². The first-order chi connectivity index (χ1) is 14.0. The molecule has 5 nitrogen and oxygen atoms in total. The summed E-state index contributed by atoms with van der Waals surface area (Å²) in [4.78, 5) is 26.0. The van der Waals surface area contributed by atoms with Crippen molar-refractivity contribution in [2.45, 2.75) is 22.8 Å². The first-order valence-corrected chi connectivity index (χ1v) is 11.6. The lowest BCUT2D eigenvalue weighted by Gasteiger charge is -2.18. The van der Waals surface area contributed by atoms with Crippen LogP contribution in [0.2, 0.25) is 0 Å². The second-order valence-corrected chi connectivity index (χ2v) is 8.84. The average molecular weight is 496 g/mol. The summed E-state index contributed by atoms with van der Waals surface area (Å²) in [6.45, 7) is 5.40. The number of esters is 1. The number of benzene rings is 2. The van der Waals surface area contributed by atoms with E-state index in [1.807, 2.05) is 54.6 Å². The van der Waals surface area contributed by atoms with Gasteiger partial charge in [-0.3, -0.25) is 5.32 Å². The van der Waals surface area contributed by atoms with Gasteiger partial charge in [0.25, 0.3) is 0 Å². The number of halogens is 1. The Kier molecular flexibility index (Phi) is 10.2. The fraction of sp³-hybridized carbons (Fsp3) is 0.238. The molecule has 0 radical (unpaired) electrons. The summed E-state index contributed by atoms with van der Waals surface area (Å²) in [6, 6.07) is 17.8. The Morgan fingerprint density at radius 3 is 2.21 bits per heavy atom. The minimum atomic E-state index is -0.724. The molecule has 1 unspecified atom stereocenters. The summed E-state index contributed by atoms with van der Waals surface area (Å²) < 4.78 is 11.4. The minimum absolute atomic E-state index is 0.146. The van der Waals surface area contributed by atoms with Crippen LogP contribution in [0, 0.1) is 0 Å². The highest BCUT2D eigenvalue weighted by molar-refractivity contribution is 9.10. The molecule has 2 aromatic rings. The zero-order chi connectivity index (χ0) is 21.1. The zero-order valence-corrected chi connectivity index (χ0v) is 19.1. The van der Waals surface area contributed by atoms with Gasteiger partial charge in [0, 0.05) is 25.8 Å². The van der Waals surface area contributed by atoms with Crippen molar-refractivity contribution >= 4 is 51.5 Å². The minimum Gasteiger partial charge on any atom is -0.461 e. The number of alkyl carbamates (subject to hydrolysis) is 1. The second-order valence-electron chi connectivity index (χ2n) is 5.74. The maximum absolute atomic E-state index is 12.2. The Hall–Kier alpha value is -1.90. The third-order valence-corrected chi connectivity index (χ3v) is 6.29. The van der Waals surface area contributed by atoms with E-state index in [2.05, 4.69) is 27.8 Å². The number of carbonyl (C=O) groups is 2. The molecule has 0 heterocycles. The quantitative estimate of drug-likeness (QED) is 0.266. The molecule has 29 heavy (non-hydrogen) atoms. The summed E-state index contributed by atoms with van der Waals surface area (Å²) >= 11 is 6.61. The first kappa shape index (κ1) is 23.4. The van der Waals surface area contributed by atoms with E-state index >= 15 is 0 Å². The molecular formula is C21H22BrNO4S2. The van der Waals surface area contributed by atoms with E-state index in [1.165, 1.54) is 0 Å². The lowest BCUT2D eigenvalue weighted by molar-refractivity contribution is -0.138. The first-order valence-electron chi connectivity index (χ1n) is 8.87. The molecule has 0 saturated heterocycles. The lowest BCUT2D eigenvalue weighted by atomic mass is 10.4. The average Bonchev–Trinajstić information content (AvgIpc) is 2.72. The van der Waals surface area contributed by atoms with Crippen molar-refractivity contribution in [1.82, 2.24) is 5.32 Å². The van der Waals surface area contributed by atoms with Gasteiger partial charge in [-0.1, -0.05) is 40.7 Å². The van der Waals surface area contributed by atoms with Crippen molar-refractivity contribution in [2.75, 3.05) is 18.1 Å². The van der Waals surface area contributed by atoms with Gasteiger partial charge in [-0.25, -0.2) is 9.59 Å². The zero-order valence-electron chi connectivity index (χ0n) is 15.9. The maximum atomic E-state index is 12.2. The highest BCUT2D eigenvalue weighted by Gasteiger charge is 2.18. The standard InChI is InChI=1S/C21H22BrNO4S2/c1-3-26-20(24)15(2)23-21(25)27-17(13-28-18-7-5-4-6-8-18)14-29-19-11-9-16(22)10-12-19/h4-12,17H,2-3,13-14H2,1H3,(H,23,25). The SMILES string of the molecule is C=C(NC(=O)OC(CSc1ccccc1)CSc1ccc(Br)cc1)C(=O)OCC. The van der Waals surface area contributed by atoms with Gasteiger partial charge in [-0.2, -0.15) is 0 Å². The smallest absolute Gasteiger partial charge is 0.412 e. The Balaban J connectivity index is 1.94. The number of rotatable bonds is 10. The summed E-state index contributed by atoms with van der Waals surface area (Å²) in [5, 5.41) is 2.34. The van der Waals surface area contributed by atoms with Crippen LogP contribution in [-0.2, 0) is 14.3 Å². The lowest BCUT2D eigenvalue weighted by Crippen LogP contribution is -2.33. The van der Waals surface area contributed by atoms with Crippen LogP contribution in [-0.4, -0.2) is 36.3 Å². The van der Waals surface area contributed by atoms with Crippen molar-refractivity contribution in [2.24, 2.45) is 0 Å². The Labute approximate surface area is 187 Å². The molecule has 0 bridgehead atoms. The van der Waals surface area contributed by atoms with E-state index in [0.29, 0.717) is 11.5 Å². The van der Waals surface area contributed by atoms with Gasteiger partial charge >= 0.3 is 12.1 Å². The molecule has 1 atom stereocenters. The molecule has 2 rings (SSSR count). The van der Waals surface area contributed by atoms with Crippen molar-refractivity contribution in [3.8, 4) is 0 Å². The number of hydrogen-bond donors (Lipinski definition) is 1. The highest BCUT2D eigenvalue weighted by Crippen LogP contribution is 2.25. The van der Waals surface area contributed by atoms with Crippen molar-refractivity contribution in [1.29, 1.82) is 0 Å². The van der Waals surface area contributed by atoms with E-state index in [9.17, 15) is 9.59 Å². The van der Waals surface area contributed by atoms with Gasteiger partial charge in [0.1, 0.15) is 11.8 Å². The molecule has 0 aliphatic rings. The molecule has 2 aromatic carbocycles. The van der Waals surface area contributed by atoms with Crippen molar-refractivity contribution in [3.05, 3.63) is 71.3 Å². The van der Waals surface area contributed by atoms with Crippen LogP contribution >= 0.6 is 39.5 Å². The molecule has 0 aliphatic heterocycles. The monoisotopic (exact) mass is 495 g/mol. The number of carbonyl (C=O) groups excluding carboxylic acids is 2. The van der Waals surface area contributed by atoms with Crippen LogP contribution in [0.25, 0.3) is 0 Å². The molecule has 0 spiro atoms. The molecule has 1 N–H and O–H groups in total. The predicted octanol–water partition coefficient (Wildman–Crippen LogP) is 5.51. The van der Waals surface area contributed by atoms with Gasteiger partial charge in [-0.15, -0.1) is 23.5 Å². The molecule has 0 aliphatic carbocycles. The normalized spacial score (nSPS) is 11.4. The van der Waals surface area contributed by atoms with E-state index < -0.39 is 12.1 Å². The van der Waals surface area contributed by atoms with Gasteiger partial charge in [0.15, 0.2) is 0 Å². The van der Waals surface area contributed by atoms with Crippen LogP contribution in [0.3, 0.4) is 0 Å². The highest BCUT2D eigenvalue weighted by atomic mass is 79.9. The molecule has 0 aromatic heterocycles. The van der Waals surface area contributed by atoms with E-state index in [4.69, 9.17) is 9.47 Å². The Bertz CT molecular complexity index is 815. The topological polar surface area (TPSA) is 64.6 Å². The molecule has 154 valence electrons.